The van der Waals surface area contributed by atoms with Gasteiger partial charge in [0.1, 0.15) is 4.90 Å². The first-order valence-electron chi connectivity index (χ1n) is 10.6. The van der Waals surface area contributed by atoms with E-state index in [1.165, 1.54) is 0 Å². The number of carbonyl (C=O) groups excluding carboxylic acids is 1. The predicted molar refractivity (Wildman–Crippen MR) is 140 cm³/mol. The molecule has 0 spiro atoms. The van der Waals surface area contributed by atoms with E-state index in [-0.39, 0.29) is 10.6 Å². The normalized spacial score (nSPS) is 13.0. The molecule has 3 aromatic carbocycles. The van der Waals surface area contributed by atoms with Crippen molar-refractivity contribution in [3.63, 3.8) is 0 Å². The summed E-state index contributed by atoms with van der Waals surface area (Å²) in [6, 6.07) is 6.26. The number of rotatable bonds is 10. The summed E-state index contributed by atoms with van der Waals surface area (Å²) >= 11 is 0. The number of anilines is 1. The molecule has 1 amide bonds. The SMILES string of the molecule is CC(=O)Nc1cc(S(=O)(=O)O)cc2cc(S(=O)(=O)O)c(N=Nc3ccc(S(=O)(=O)CCO)cc3)c(OS(=O)(=O)O)c12. The van der Waals surface area contributed by atoms with E-state index in [0.29, 0.717) is 18.2 Å². The van der Waals surface area contributed by atoms with Crippen LogP contribution in [0.25, 0.3) is 10.8 Å². The average molecular weight is 654 g/mol. The Morgan fingerprint density at radius 2 is 1.46 bits per heavy atom. The standard InChI is InChI=1S/C20H19N3O14S4/c1-11(25)21-16-10-15(39(28,29)30)8-12-9-17(40(31,32)33)19(20(18(12)16)37-41(34,35)36)23-22-13-2-4-14(5-3-13)38(26,27)7-6-24/h2-5,8-10,24H,6-7H2,1H3,(H,21,25)(H,28,29,30)(H,31,32,33)(H,34,35,36). The smallest absolute Gasteiger partial charge is 0.395 e. The zero-order chi connectivity index (χ0) is 31.0. The van der Waals surface area contributed by atoms with Crippen molar-refractivity contribution in [2.75, 3.05) is 17.7 Å². The van der Waals surface area contributed by atoms with Crippen LogP contribution in [-0.4, -0.2) is 70.7 Å². The summed E-state index contributed by atoms with van der Waals surface area (Å²) in [6.45, 7) is 0.319. The van der Waals surface area contributed by atoms with Crippen LogP contribution in [0.3, 0.4) is 0 Å². The van der Waals surface area contributed by atoms with E-state index in [9.17, 15) is 52.1 Å². The number of nitrogens with zero attached hydrogens (tertiary/aromatic N) is 2. The second kappa shape index (κ2) is 11.4. The third kappa shape index (κ3) is 7.80. The molecule has 0 aliphatic carbocycles. The van der Waals surface area contributed by atoms with Gasteiger partial charge in [-0.2, -0.15) is 30.4 Å². The monoisotopic (exact) mass is 653 g/mol. The lowest BCUT2D eigenvalue weighted by Gasteiger charge is -2.16. The van der Waals surface area contributed by atoms with Crippen LogP contribution in [0.4, 0.5) is 17.1 Å². The highest BCUT2D eigenvalue weighted by atomic mass is 32.3. The Hall–Kier alpha value is -3.57. The van der Waals surface area contributed by atoms with E-state index < -0.39 is 96.4 Å². The molecule has 0 heterocycles. The molecular formula is C20H19N3O14S4. The van der Waals surface area contributed by atoms with E-state index in [0.717, 1.165) is 31.2 Å². The molecule has 17 nitrogen and oxygen atoms in total. The fourth-order valence-corrected chi connectivity index (χ4v) is 6.02. The van der Waals surface area contributed by atoms with E-state index >= 15 is 0 Å². The Labute approximate surface area is 232 Å². The van der Waals surface area contributed by atoms with Crippen molar-refractivity contribution in [3.05, 3.63) is 42.5 Å². The van der Waals surface area contributed by atoms with Crippen molar-refractivity contribution >= 4 is 74.2 Å². The van der Waals surface area contributed by atoms with Gasteiger partial charge >= 0.3 is 10.4 Å². The third-order valence-electron chi connectivity index (χ3n) is 5.00. The number of aliphatic hydroxyl groups excluding tert-OH is 1. The molecule has 0 saturated carbocycles. The second-order valence-electron chi connectivity index (χ2n) is 8.00. The highest BCUT2D eigenvalue weighted by molar-refractivity contribution is 7.91. The molecule has 0 aliphatic heterocycles. The van der Waals surface area contributed by atoms with Gasteiger partial charge in [0, 0.05) is 6.92 Å². The number of amides is 1. The summed E-state index contributed by atoms with van der Waals surface area (Å²) in [7, 11) is -19.7. The lowest BCUT2D eigenvalue weighted by atomic mass is 10.1. The molecule has 3 aromatic rings. The number of hydrogen-bond donors (Lipinski definition) is 5. The van der Waals surface area contributed by atoms with Crippen LogP contribution in [0.15, 0.2) is 67.4 Å². The number of azo groups is 1. The number of aliphatic hydroxyl groups is 1. The minimum atomic E-state index is -5.49. The van der Waals surface area contributed by atoms with Gasteiger partial charge in [-0.25, -0.2) is 8.42 Å². The third-order valence-corrected chi connectivity index (χ3v) is 8.79. The number of benzene rings is 3. The molecule has 0 fully saturated rings. The zero-order valence-electron chi connectivity index (χ0n) is 20.4. The largest absolute Gasteiger partial charge is 0.446 e. The fraction of sp³-hybridized carbons (Fsp3) is 0.150. The van der Waals surface area contributed by atoms with Gasteiger partial charge in [0.15, 0.2) is 21.3 Å². The van der Waals surface area contributed by atoms with Crippen LogP contribution < -0.4 is 9.50 Å². The van der Waals surface area contributed by atoms with Crippen molar-refractivity contribution in [3.8, 4) is 5.75 Å². The summed E-state index contributed by atoms with van der Waals surface area (Å²) in [5, 5.41) is 17.3. The van der Waals surface area contributed by atoms with Crippen molar-refractivity contribution in [2.24, 2.45) is 10.2 Å². The molecule has 0 atom stereocenters. The minimum Gasteiger partial charge on any atom is -0.395 e. The average Bonchev–Trinajstić information content (AvgIpc) is 2.80. The van der Waals surface area contributed by atoms with Gasteiger partial charge in [0.25, 0.3) is 20.2 Å². The lowest BCUT2D eigenvalue weighted by Crippen LogP contribution is -2.12. The Bertz CT molecular complexity index is 2010. The highest BCUT2D eigenvalue weighted by Crippen LogP contribution is 2.46. The van der Waals surface area contributed by atoms with Crippen LogP contribution in [0.1, 0.15) is 6.92 Å². The Morgan fingerprint density at radius 3 is 1.95 bits per heavy atom. The summed E-state index contributed by atoms with van der Waals surface area (Å²) in [6.07, 6.45) is 0. The zero-order valence-corrected chi connectivity index (χ0v) is 23.6. The maximum atomic E-state index is 12.2. The van der Waals surface area contributed by atoms with Gasteiger partial charge < -0.3 is 14.6 Å². The van der Waals surface area contributed by atoms with Gasteiger partial charge in [0.05, 0.1) is 38.9 Å². The first kappa shape index (κ1) is 32.0. The highest BCUT2D eigenvalue weighted by Gasteiger charge is 2.29. The first-order chi connectivity index (χ1) is 18.7. The Kier molecular flexibility index (Phi) is 8.86. The molecule has 0 aliphatic rings. The summed E-state index contributed by atoms with van der Waals surface area (Å²) in [4.78, 5) is 9.50. The number of nitrogens with one attached hydrogen (secondary N) is 1. The molecule has 0 radical (unpaired) electrons. The molecule has 3 rings (SSSR count). The molecular weight excluding hydrogens is 634 g/mol. The predicted octanol–water partition coefficient (Wildman–Crippen LogP) is 1.65. The molecule has 5 N–H and O–H groups in total. The van der Waals surface area contributed by atoms with Crippen molar-refractivity contribution in [1.29, 1.82) is 0 Å². The van der Waals surface area contributed by atoms with Crippen LogP contribution in [0.2, 0.25) is 0 Å². The van der Waals surface area contributed by atoms with Crippen molar-refractivity contribution < 1.29 is 61.4 Å². The first-order valence-corrected chi connectivity index (χ1v) is 16.5. The van der Waals surface area contributed by atoms with Gasteiger partial charge in [-0.1, -0.05) is 0 Å². The second-order valence-corrected chi connectivity index (χ2v) is 13.9. The summed E-state index contributed by atoms with van der Waals surface area (Å²) in [5.41, 5.74) is -1.75. The lowest BCUT2D eigenvalue weighted by molar-refractivity contribution is -0.114. The maximum Gasteiger partial charge on any atom is 0.446 e. The van der Waals surface area contributed by atoms with Gasteiger partial charge in [0.2, 0.25) is 5.91 Å². The quantitative estimate of drug-likeness (QED) is 0.154. The molecule has 0 unspecified atom stereocenters. The molecule has 222 valence electrons. The van der Waals surface area contributed by atoms with Crippen LogP contribution >= 0.6 is 0 Å². The number of carbonyl (C=O) groups is 1. The molecule has 21 heteroatoms. The van der Waals surface area contributed by atoms with Crippen molar-refractivity contribution in [2.45, 2.75) is 21.6 Å². The van der Waals surface area contributed by atoms with Crippen LogP contribution in [-0.2, 0) is 45.3 Å². The van der Waals surface area contributed by atoms with Gasteiger partial charge in [-0.15, -0.1) is 5.11 Å². The van der Waals surface area contributed by atoms with Gasteiger partial charge in [-0.3, -0.25) is 18.5 Å². The Morgan fingerprint density at radius 1 is 0.854 bits per heavy atom. The topological polar surface area (TPSA) is 281 Å². The van der Waals surface area contributed by atoms with Crippen LogP contribution in [0.5, 0.6) is 5.75 Å². The maximum absolute atomic E-state index is 12.2. The Balaban J connectivity index is 2.42. The van der Waals surface area contributed by atoms with E-state index in [4.69, 9.17) is 5.11 Å². The summed E-state index contributed by atoms with van der Waals surface area (Å²) < 4.78 is 129. The summed E-state index contributed by atoms with van der Waals surface area (Å²) in [5.74, 6) is -2.57. The number of sulfone groups is 1. The van der Waals surface area contributed by atoms with Crippen molar-refractivity contribution in [1.82, 2.24) is 0 Å². The molecule has 0 saturated heterocycles. The fourth-order valence-electron chi connectivity index (χ4n) is 3.42. The molecule has 0 aromatic heterocycles. The van der Waals surface area contributed by atoms with E-state index in [1.54, 1.807) is 0 Å². The molecule has 0 bridgehead atoms. The van der Waals surface area contributed by atoms with E-state index in [2.05, 4.69) is 19.7 Å². The van der Waals surface area contributed by atoms with Gasteiger partial charge in [-0.05, 0) is 47.9 Å². The molecule has 41 heavy (non-hydrogen) atoms. The van der Waals surface area contributed by atoms with E-state index in [1.807, 2.05) is 0 Å². The number of hydrogen-bond acceptors (Lipinski definition) is 13. The van der Waals surface area contributed by atoms with Crippen LogP contribution in [0, 0.1) is 0 Å². The number of fused-ring (bicyclic) bond motifs is 1. The minimum absolute atomic E-state index is 0.143.